The summed E-state index contributed by atoms with van der Waals surface area (Å²) >= 11 is 5.91. The first-order valence-corrected chi connectivity index (χ1v) is 5.72. The molecule has 1 fully saturated rings. The van der Waals surface area contributed by atoms with Gasteiger partial charge in [0.05, 0.1) is 0 Å². The van der Waals surface area contributed by atoms with Crippen LogP contribution in [0, 0.1) is 0 Å². The van der Waals surface area contributed by atoms with Crippen molar-refractivity contribution in [2.24, 2.45) is 0 Å². The predicted octanol–water partition coefficient (Wildman–Crippen LogP) is 2.31. The Morgan fingerprint density at radius 1 is 1.29 bits per heavy atom. The van der Waals surface area contributed by atoms with E-state index < -0.39 is 0 Å². The van der Waals surface area contributed by atoms with Crippen molar-refractivity contribution in [2.45, 2.75) is 0 Å². The maximum atomic E-state index is 5.91. The molecule has 1 aromatic heterocycles. The Balaban J connectivity index is 0.00000108. The van der Waals surface area contributed by atoms with Crippen molar-refractivity contribution in [1.82, 2.24) is 10.3 Å². The van der Waals surface area contributed by atoms with Crippen LogP contribution in [0.1, 0.15) is 0 Å². The first-order valence-electron chi connectivity index (χ1n) is 5.35. The van der Waals surface area contributed by atoms with Gasteiger partial charge in [-0.3, -0.25) is 0 Å². The summed E-state index contributed by atoms with van der Waals surface area (Å²) in [6.07, 6.45) is 0. The lowest BCUT2D eigenvalue weighted by Gasteiger charge is -2.25. The molecule has 0 amide bonds. The van der Waals surface area contributed by atoms with E-state index in [0.29, 0.717) is 11.0 Å². The molecular formula is C11H13Cl2N3O. The predicted molar refractivity (Wildman–Crippen MR) is 71.3 cm³/mol. The fraction of sp³-hybridized carbons (Fsp3) is 0.364. The molecule has 0 radical (unpaired) electrons. The van der Waals surface area contributed by atoms with Gasteiger partial charge in [0.25, 0.3) is 6.01 Å². The highest BCUT2D eigenvalue weighted by Gasteiger charge is 2.16. The van der Waals surface area contributed by atoms with E-state index in [1.807, 2.05) is 18.2 Å². The van der Waals surface area contributed by atoms with Gasteiger partial charge >= 0.3 is 0 Å². The summed E-state index contributed by atoms with van der Waals surface area (Å²) in [6.45, 7) is 3.81. The molecule has 0 atom stereocenters. The zero-order valence-corrected chi connectivity index (χ0v) is 10.7. The van der Waals surface area contributed by atoms with Crippen molar-refractivity contribution in [2.75, 3.05) is 31.1 Å². The second-order valence-corrected chi connectivity index (χ2v) is 4.28. The number of fused-ring (bicyclic) bond motifs is 1. The fourth-order valence-electron chi connectivity index (χ4n) is 1.88. The Morgan fingerprint density at radius 2 is 2.06 bits per heavy atom. The summed E-state index contributed by atoms with van der Waals surface area (Å²) in [6, 6.07) is 6.19. The smallest absolute Gasteiger partial charge is 0.298 e. The molecule has 4 nitrogen and oxygen atoms in total. The lowest BCUT2D eigenvalue weighted by molar-refractivity contribution is 0.517. The van der Waals surface area contributed by atoms with E-state index in [1.165, 1.54) is 0 Å². The van der Waals surface area contributed by atoms with E-state index in [-0.39, 0.29) is 12.4 Å². The molecular weight excluding hydrogens is 261 g/mol. The van der Waals surface area contributed by atoms with Crippen LogP contribution in [-0.4, -0.2) is 31.2 Å². The molecule has 2 heterocycles. The normalized spacial score (nSPS) is 15.9. The molecule has 1 aromatic carbocycles. The number of anilines is 1. The van der Waals surface area contributed by atoms with Crippen molar-refractivity contribution < 1.29 is 4.42 Å². The molecule has 1 aliphatic heterocycles. The zero-order chi connectivity index (χ0) is 11.0. The SMILES string of the molecule is Cl.Clc1ccc2oc(N3CCNCC3)nc2c1. The van der Waals surface area contributed by atoms with Gasteiger partial charge in [-0.1, -0.05) is 11.6 Å². The standard InChI is InChI=1S/C11H12ClN3O.ClH/c12-8-1-2-10-9(7-8)14-11(16-10)15-5-3-13-4-6-15;/h1-2,7,13H,3-6H2;1H. The number of hydrogen-bond donors (Lipinski definition) is 1. The largest absolute Gasteiger partial charge is 0.423 e. The third kappa shape index (κ3) is 2.49. The van der Waals surface area contributed by atoms with Gasteiger partial charge in [-0.15, -0.1) is 12.4 Å². The molecule has 92 valence electrons. The number of benzene rings is 1. The van der Waals surface area contributed by atoms with E-state index >= 15 is 0 Å². The number of hydrogen-bond acceptors (Lipinski definition) is 4. The first kappa shape index (κ1) is 12.5. The minimum absolute atomic E-state index is 0. The lowest BCUT2D eigenvalue weighted by Crippen LogP contribution is -2.43. The van der Waals surface area contributed by atoms with Gasteiger partial charge in [0.2, 0.25) is 0 Å². The minimum atomic E-state index is 0. The van der Waals surface area contributed by atoms with Crippen molar-refractivity contribution in [3.63, 3.8) is 0 Å². The quantitative estimate of drug-likeness (QED) is 0.866. The highest BCUT2D eigenvalue weighted by Crippen LogP contribution is 2.24. The number of aromatic nitrogens is 1. The van der Waals surface area contributed by atoms with Crippen LogP contribution in [0.4, 0.5) is 6.01 Å². The topological polar surface area (TPSA) is 41.3 Å². The third-order valence-corrected chi connectivity index (χ3v) is 2.96. The molecule has 17 heavy (non-hydrogen) atoms. The van der Waals surface area contributed by atoms with Crippen molar-refractivity contribution >= 4 is 41.1 Å². The summed E-state index contributed by atoms with van der Waals surface area (Å²) in [4.78, 5) is 6.59. The van der Waals surface area contributed by atoms with Crippen molar-refractivity contribution in [3.8, 4) is 0 Å². The Morgan fingerprint density at radius 3 is 2.82 bits per heavy atom. The van der Waals surface area contributed by atoms with E-state index in [4.69, 9.17) is 16.0 Å². The van der Waals surface area contributed by atoms with E-state index in [0.717, 1.165) is 37.3 Å². The van der Waals surface area contributed by atoms with E-state index in [9.17, 15) is 0 Å². The minimum Gasteiger partial charge on any atom is -0.423 e. The van der Waals surface area contributed by atoms with Crippen LogP contribution in [0.5, 0.6) is 0 Å². The van der Waals surface area contributed by atoms with E-state index in [1.54, 1.807) is 0 Å². The van der Waals surface area contributed by atoms with Gasteiger partial charge < -0.3 is 14.6 Å². The van der Waals surface area contributed by atoms with E-state index in [2.05, 4.69) is 15.2 Å². The first-order chi connectivity index (χ1) is 7.83. The molecule has 0 spiro atoms. The molecule has 0 saturated carbocycles. The molecule has 2 aromatic rings. The molecule has 1 aliphatic rings. The van der Waals surface area contributed by atoms with Crippen molar-refractivity contribution in [1.29, 1.82) is 0 Å². The van der Waals surface area contributed by atoms with Crippen LogP contribution in [-0.2, 0) is 0 Å². The summed E-state index contributed by atoms with van der Waals surface area (Å²) in [7, 11) is 0. The Labute approximate surface area is 110 Å². The van der Waals surface area contributed by atoms with Gasteiger partial charge in [0.15, 0.2) is 5.58 Å². The van der Waals surface area contributed by atoms with Crippen LogP contribution >= 0.6 is 24.0 Å². The van der Waals surface area contributed by atoms with Crippen molar-refractivity contribution in [3.05, 3.63) is 23.2 Å². The maximum Gasteiger partial charge on any atom is 0.298 e. The van der Waals surface area contributed by atoms with Crippen LogP contribution < -0.4 is 10.2 Å². The van der Waals surface area contributed by atoms with Gasteiger partial charge in [0, 0.05) is 31.2 Å². The summed E-state index contributed by atoms with van der Waals surface area (Å²) in [5, 5.41) is 3.98. The Hall–Kier alpha value is -0.970. The molecule has 0 unspecified atom stereocenters. The van der Waals surface area contributed by atoms with Crippen LogP contribution in [0.25, 0.3) is 11.1 Å². The molecule has 6 heteroatoms. The number of piperazine rings is 1. The zero-order valence-electron chi connectivity index (χ0n) is 9.15. The monoisotopic (exact) mass is 273 g/mol. The molecule has 1 saturated heterocycles. The molecule has 1 N–H and O–H groups in total. The van der Waals surface area contributed by atoms with Crippen LogP contribution in [0.2, 0.25) is 5.02 Å². The molecule has 0 bridgehead atoms. The number of nitrogens with zero attached hydrogens (tertiary/aromatic N) is 2. The van der Waals surface area contributed by atoms with Crippen LogP contribution in [0.15, 0.2) is 22.6 Å². The van der Waals surface area contributed by atoms with Gasteiger partial charge in [-0.2, -0.15) is 4.98 Å². The number of halogens is 2. The average molecular weight is 274 g/mol. The number of oxazole rings is 1. The van der Waals surface area contributed by atoms with Crippen LogP contribution in [0.3, 0.4) is 0 Å². The molecule has 0 aliphatic carbocycles. The number of nitrogens with one attached hydrogen (secondary N) is 1. The highest BCUT2D eigenvalue weighted by molar-refractivity contribution is 6.31. The molecule has 3 rings (SSSR count). The Kier molecular flexibility index (Phi) is 3.76. The third-order valence-electron chi connectivity index (χ3n) is 2.73. The maximum absolute atomic E-state index is 5.91. The van der Waals surface area contributed by atoms with Gasteiger partial charge in [0.1, 0.15) is 5.52 Å². The summed E-state index contributed by atoms with van der Waals surface area (Å²) in [5.74, 6) is 0. The number of rotatable bonds is 1. The Bertz CT molecular complexity index is 508. The summed E-state index contributed by atoms with van der Waals surface area (Å²) < 4.78 is 5.69. The fourth-order valence-corrected chi connectivity index (χ4v) is 2.05. The summed E-state index contributed by atoms with van der Waals surface area (Å²) in [5.41, 5.74) is 1.61. The average Bonchev–Trinajstić information content (AvgIpc) is 2.73. The van der Waals surface area contributed by atoms with Gasteiger partial charge in [-0.25, -0.2) is 0 Å². The second-order valence-electron chi connectivity index (χ2n) is 3.85. The lowest BCUT2D eigenvalue weighted by atomic mass is 10.3. The van der Waals surface area contributed by atoms with Gasteiger partial charge in [-0.05, 0) is 18.2 Å². The second kappa shape index (κ2) is 5.12. The highest BCUT2D eigenvalue weighted by atomic mass is 35.5.